The normalized spacial score (nSPS) is 14.4. The van der Waals surface area contributed by atoms with Gasteiger partial charge in [-0.05, 0) is 43.4 Å². The predicted molar refractivity (Wildman–Crippen MR) is 386 cm³/mol. The van der Waals surface area contributed by atoms with E-state index in [0.717, 1.165) is 108 Å². The summed E-state index contributed by atoms with van der Waals surface area (Å²) < 4.78 is 68.4. The van der Waals surface area contributed by atoms with Crippen molar-refractivity contribution >= 4 is 39.5 Å². The summed E-state index contributed by atoms with van der Waals surface area (Å²) in [5.74, 6) is 0.227. The van der Waals surface area contributed by atoms with E-state index in [9.17, 15) is 43.2 Å². The van der Waals surface area contributed by atoms with Gasteiger partial charge in [-0.3, -0.25) is 37.3 Å². The molecule has 0 aromatic rings. The number of ether oxygens (including phenoxy) is 4. The molecule has 0 spiro atoms. The van der Waals surface area contributed by atoms with Crippen LogP contribution >= 0.6 is 15.6 Å². The number of aliphatic hydroxyl groups is 1. The zero-order valence-electron chi connectivity index (χ0n) is 62.1. The van der Waals surface area contributed by atoms with Crippen LogP contribution in [0.4, 0.5) is 0 Å². The van der Waals surface area contributed by atoms with Gasteiger partial charge in [0.25, 0.3) is 0 Å². The number of phosphoric ester groups is 2. The van der Waals surface area contributed by atoms with Gasteiger partial charge in [-0.1, -0.05) is 337 Å². The summed E-state index contributed by atoms with van der Waals surface area (Å²) in [6.45, 7) is 11.9. The smallest absolute Gasteiger partial charge is 0.462 e. The molecular weight excluding hydrogens is 1250 g/mol. The summed E-state index contributed by atoms with van der Waals surface area (Å²) in [7, 11) is -9.91. The first-order valence-electron chi connectivity index (χ1n) is 39.4. The van der Waals surface area contributed by atoms with E-state index in [-0.39, 0.29) is 25.7 Å². The van der Waals surface area contributed by atoms with E-state index in [4.69, 9.17) is 37.0 Å². The molecule has 0 aromatic heterocycles. The monoisotopic (exact) mass is 1400 g/mol. The van der Waals surface area contributed by atoms with Gasteiger partial charge in [0.15, 0.2) is 12.2 Å². The van der Waals surface area contributed by atoms with Crippen molar-refractivity contribution in [3.05, 3.63) is 0 Å². The lowest BCUT2D eigenvalue weighted by Crippen LogP contribution is -2.30. The fraction of sp³-hybridized carbons (Fsp3) is 0.947. The summed E-state index contributed by atoms with van der Waals surface area (Å²) in [6, 6.07) is 0. The van der Waals surface area contributed by atoms with Crippen LogP contribution < -0.4 is 0 Å². The van der Waals surface area contributed by atoms with Crippen molar-refractivity contribution in [2.75, 3.05) is 39.6 Å². The van der Waals surface area contributed by atoms with Crippen molar-refractivity contribution < 1.29 is 80.2 Å². The molecule has 0 amide bonds. The molecule has 0 fully saturated rings. The highest BCUT2D eigenvalue weighted by Gasteiger charge is 2.30. The molecule has 3 N–H and O–H groups in total. The van der Waals surface area contributed by atoms with Crippen molar-refractivity contribution in [3.8, 4) is 0 Å². The van der Waals surface area contributed by atoms with E-state index in [1.807, 2.05) is 0 Å². The average molecular weight is 1400 g/mol. The SMILES string of the molecule is CCCCCCCCCCCC(=O)OC[C@H](COP(=O)(O)OC[C@H](O)COP(=O)(O)OC[C@@H](COC(=O)CCCCCCCCCCCCC(C)CC)OC(=O)CCCCCCCCCCCCCCCCCCCCC(C)C)OC(=O)CCCCCCCCCCC(C)C. The molecule has 564 valence electrons. The van der Waals surface area contributed by atoms with E-state index in [1.54, 1.807) is 0 Å². The van der Waals surface area contributed by atoms with E-state index in [1.165, 1.54) is 199 Å². The molecule has 0 saturated heterocycles. The Balaban J connectivity index is 5.20. The van der Waals surface area contributed by atoms with Crippen LogP contribution in [0.15, 0.2) is 0 Å². The molecule has 0 aliphatic carbocycles. The van der Waals surface area contributed by atoms with Gasteiger partial charge < -0.3 is 33.8 Å². The summed E-state index contributed by atoms with van der Waals surface area (Å²) in [5.41, 5.74) is 0. The number of aliphatic hydroxyl groups excluding tert-OH is 1. The summed E-state index contributed by atoms with van der Waals surface area (Å²) in [4.78, 5) is 72.7. The Bertz CT molecular complexity index is 1850. The van der Waals surface area contributed by atoms with Crippen LogP contribution in [-0.4, -0.2) is 96.7 Å². The van der Waals surface area contributed by atoms with Crippen LogP contribution in [0.2, 0.25) is 0 Å². The number of hydrogen-bond donors (Lipinski definition) is 3. The summed E-state index contributed by atoms with van der Waals surface area (Å²) >= 11 is 0. The Hall–Kier alpha value is -1.94. The maximum Gasteiger partial charge on any atom is 0.472 e. The number of esters is 4. The van der Waals surface area contributed by atoms with Crippen LogP contribution in [0.5, 0.6) is 0 Å². The van der Waals surface area contributed by atoms with Crippen molar-refractivity contribution in [1.29, 1.82) is 0 Å². The molecule has 0 saturated carbocycles. The first-order valence-corrected chi connectivity index (χ1v) is 42.4. The van der Waals surface area contributed by atoms with Crippen molar-refractivity contribution in [2.24, 2.45) is 17.8 Å². The highest BCUT2D eigenvalue weighted by atomic mass is 31.2. The molecule has 3 unspecified atom stereocenters. The maximum absolute atomic E-state index is 13.1. The van der Waals surface area contributed by atoms with Gasteiger partial charge >= 0.3 is 39.5 Å². The van der Waals surface area contributed by atoms with E-state index >= 15 is 0 Å². The Labute approximate surface area is 581 Å². The topological polar surface area (TPSA) is 237 Å². The molecule has 19 heteroatoms. The minimum Gasteiger partial charge on any atom is -0.462 e. The van der Waals surface area contributed by atoms with Crippen LogP contribution in [0.1, 0.15) is 389 Å². The minimum absolute atomic E-state index is 0.104. The van der Waals surface area contributed by atoms with E-state index in [2.05, 4.69) is 48.5 Å². The second-order valence-electron chi connectivity index (χ2n) is 28.6. The van der Waals surface area contributed by atoms with E-state index in [0.29, 0.717) is 25.7 Å². The van der Waals surface area contributed by atoms with Crippen LogP contribution in [-0.2, 0) is 65.4 Å². The zero-order valence-corrected chi connectivity index (χ0v) is 63.9. The Morgan fingerprint density at radius 3 is 0.800 bits per heavy atom. The molecule has 0 aliphatic rings. The molecule has 0 aliphatic heterocycles. The Morgan fingerprint density at radius 1 is 0.305 bits per heavy atom. The Kier molecular flexibility index (Phi) is 65.2. The minimum atomic E-state index is -4.96. The van der Waals surface area contributed by atoms with E-state index < -0.39 is 97.5 Å². The maximum atomic E-state index is 13.1. The highest BCUT2D eigenvalue weighted by Crippen LogP contribution is 2.45. The fourth-order valence-corrected chi connectivity index (χ4v) is 13.1. The molecule has 0 heterocycles. The number of unbranched alkanes of at least 4 members (excludes halogenated alkanes) is 41. The highest BCUT2D eigenvalue weighted by molar-refractivity contribution is 7.47. The molecule has 0 aromatic carbocycles. The van der Waals surface area contributed by atoms with Gasteiger partial charge in [0.05, 0.1) is 26.4 Å². The largest absolute Gasteiger partial charge is 0.472 e. The van der Waals surface area contributed by atoms with Gasteiger partial charge in [0.2, 0.25) is 0 Å². The van der Waals surface area contributed by atoms with Gasteiger partial charge in [-0.25, -0.2) is 9.13 Å². The second kappa shape index (κ2) is 66.6. The first kappa shape index (κ1) is 93.1. The van der Waals surface area contributed by atoms with Crippen molar-refractivity contribution in [2.45, 2.75) is 407 Å². The van der Waals surface area contributed by atoms with Gasteiger partial charge in [0, 0.05) is 25.7 Å². The predicted octanol–water partition coefficient (Wildman–Crippen LogP) is 22.2. The molecular formula is C76H148O17P2. The number of phosphoric acid groups is 2. The standard InChI is InChI=1S/C76H148O17P2/c1-8-10-11-12-13-26-36-43-50-57-73(78)86-63-72(93-76(81)60-53-46-39-32-31-34-41-48-55-68(5)6)66-91-95(84,85)89-62-70(77)61-88-94(82,83)90-65-71(64-87-74(79)58-51-44-37-29-25-24-28-35-42-49-56-69(7)9-2)92-75(80)59-52-45-38-30-23-21-19-17-15-14-16-18-20-22-27-33-40-47-54-67(3)4/h67-72,77H,8-66H2,1-7H3,(H,82,83)(H,84,85)/t69?,70-,71-,72-/m1/s1. The number of rotatable bonds is 74. The first-order chi connectivity index (χ1) is 45.8. The average Bonchev–Trinajstić information content (AvgIpc) is 3.70. The third kappa shape index (κ3) is 69.0. The Morgan fingerprint density at radius 2 is 0.537 bits per heavy atom. The molecule has 17 nitrogen and oxygen atoms in total. The van der Waals surface area contributed by atoms with Crippen LogP contribution in [0.3, 0.4) is 0 Å². The van der Waals surface area contributed by atoms with Crippen LogP contribution in [0, 0.1) is 17.8 Å². The molecule has 0 bridgehead atoms. The lowest BCUT2D eigenvalue weighted by Gasteiger charge is -2.21. The third-order valence-electron chi connectivity index (χ3n) is 18.0. The molecule has 95 heavy (non-hydrogen) atoms. The van der Waals surface area contributed by atoms with Gasteiger partial charge in [-0.2, -0.15) is 0 Å². The number of hydrogen-bond acceptors (Lipinski definition) is 15. The fourth-order valence-electron chi connectivity index (χ4n) is 11.6. The third-order valence-corrected chi connectivity index (χ3v) is 19.9. The lowest BCUT2D eigenvalue weighted by molar-refractivity contribution is -0.161. The number of carbonyl (C=O) groups excluding carboxylic acids is 4. The summed E-state index contributed by atoms with van der Waals surface area (Å²) in [5, 5.41) is 10.6. The van der Waals surface area contributed by atoms with Gasteiger partial charge in [0.1, 0.15) is 19.3 Å². The molecule has 6 atom stereocenters. The molecule has 0 radical (unpaired) electrons. The molecule has 0 rings (SSSR count). The lowest BCUT2D eigenvalue weighted by atomic mass is 9.99. The second-order valence-corrected chi connectivity index (χ2v) is 31.5. The van der Waals surface area contributed by atoms with Crippen molar-refractivity contribution in [1.82, 2.24) is 0 Å². The number of carbonyl (C=O) groups is 4. The van der Waals surface area contributed by atoms with Crippen molar-refractivity contribution in [3.63, 3.8) is 0 Å². The van der Waals surface area contributed by atoms with Crippen LogP contribution in [0.25, 0.3) is 0 Å². The quantitative estimate of drug-likeness (QED) is 0.0222. The van der Waals surface area contributed by atoms with Gasteiger partial charge in [-0.15, -0.1) is 0 Å². The zero-order chi connectivity index (χ0) is 70.1. The summed E-state index contributed by atoms with van der Waals surface area (Å²) in [6.07, 6.45) is 52.8.